The standard InChI is InChI=1S/C31H48N2O/c1-7-21-16-30(5)22(13-27(21)32-6)8-9-24-23-10-11-31(15-19(3)25(23)14-26(24)30)20(4)29-28(34-31)12-18(2)17-33-29/h7,18,20,22-24,26,28-29,33H,8-17H2,1-6H3/b21-7-,32-27-/t18-,20+,22+,23-,24-,26-,28+,29-,30-,31-/m0/s1. The molecular formula is C31H48N2O. The van der Waals surface area contributed by atoms with E-state index in [4.69, 9.17) is 9.73 Å². The summed E-state index contributed by atoms with van der Waals surface area (Å²) in [6.45, 7) is 13.4. The van der Waals surface area contributed by atoms with Crippen LogP contribution in [-0.2, 0) is 4.74 Å². The van der Waals surface area contributed by atoms with Crippen LogP contribution in [0.1, 0.15) is 92.4 Å². The van der Waals surface area contributed by atoms with Gasteiger partial charge in [0.2, 0.25) is 0 Å². The molecule has 5 fully saturated rings. The van der Waals surface area contributed by atoms with Crippen LogP contribution in [0.25, 0.3) is 0 Å². The second-order valence-electron chi connectivity index (χ2n) is 13.5. The van der Waals surface area contributed by atoms with Crippen LogP contribution in [0.15, 0.2) is 27.8 Å². The first-order valence-corrected chi connectivity index (χ1v) is 14.5. The zero-order valence-corrected chi connectivity index (χ0v) is 22.6. The minimum absolute atomic E-state index is 0.0693. The number of piperidine rings is 1. The SMILES string of the molecule is C/C=C1/C[C@@]2(C)[C@H](CC[C@H]3[C@@H]4CC[C@@]5(CC(C)=C4C[C@@H]32)O[C@@H]2C[C@H](C)CN[C@H]2[C@H]5C)C/C1=N/C. The molecule has 0 aromatic rings. The van der Waals surface area contributed by atoms with Gasteiger partial charge in [-0.05, 0) is 119 Å². The lowest BCUT2D eigenvalue weighted by atomic mass is 9.51. The molecule has 1 N–H and O–H groups in total. The van der Waals surface area contributed by atoms with Crippen molar-refractivity contribution in [1.82, 2.24) is 5.32 Å². The number of fused-ring (bicyclic) bond motifs is 6. The van der Waals surface area contributed by atoms with Crippen LogP contribution in [-0.4, -0.2) is 37.1 Å². The number of hydrogen-bond acceptors (Lipinski definition) is 3. The molecule has 0 aromatic heterocycles. The molecule has 1 spiro atoms. The number of ether oxygens (including phenoxy) is 1. The molecule has 188 valence electrons. The molecule has 2 heterocycles. The average molecular weight is 465 g/mol. The molecule has 0 bridgehead atoms. The van der Waals surface area contributed by atoms with Crippen molar-refractivity contribution in [2.45, 2.75) is 110 Å². The average Bonchev–Trinajstić information content (AvgIpc) is 3.28. The maximum absolute atomic E-state index is 7.07. The zero-order valence-electron chi connectivity index (χ0n) is 22.6. The number of allylic oxidation sites excluding steroid dienone is 3. The van der Waals surface area contributed by atoms with Crippen molar-refractivity contribution in [1.29, 1.82) is 0 Å². The molecule has 6 rings (SSSR count). The van der Waals surface area contributed by atoms with Crippen molar-refractivity contribution in [3.05, 3.63) is 22.8 Å². The number of nitrogens with one attached hydrogen (secondary N) is 1. The fourth-order valence-corrected chi connectivity index (χ4v) is 10.1. The highest BCUT2D eigenvalue weighted by molar-refractivity contribution is 6.01. The number of rotatable bonds is 0. The second kappa shape index (κ2) is 8.30. The predicted molar refractivity (Wildman–Crippen MR) is 141 cm³/mol. The van der Waals surface area contributed by atoms with Crippen LogP contribution in [0, 0.1) is 40.9 Å². The van der Waals surface area contributed by atoms with E-state index in [0.717, 1.165) is 36.1 Å². The quantitative estimate of drug-likeness (QED) is 0.403. The smallest absolute Gasteiger partial charge is 0.0765 e. The third-order valence-corrected chi connectivity index (χ3v) is 12.0. The zero-order chi connectivity index (χ0) is 23.8. The van der Waals surface area contributed by atoms with E-state index in [9.17, 15) is 0 Å². The van der Waals surface area contributed by atoms with Crippen LogP contribution in [0.2, 0.25) is 0 Å². The molecule has 3 saturated carbocycles. The molecule has 0 unspecified atom stereocenters. The van der Waals surface area contributed by atoms with Gasteiger partial charge < -0.3 is 10.1 Å². The first-order valence-electron chi connectivity index (χ1n) is 14.5. The first-order chi connectivity index (χ1) is 16.3. The van der Waals surface area contributed by atoms with Crippen LogP contribution >= 0.6 is 0 Å². The lowest BCUT2D eigenvalue weighted by Crippen LogP contribution is -2.48. The predicted octanol–water partition coefficient (Wildman–Crippen LogP) is 6.74. The molecule has 0 aromatic carbocycles. The van der Waals surface area contributed by atoms with Crippen molar-refractivity contribution < 1.29 is 4.74 Å². The second-order valence-corrected chi connectivity index (χ2v) is 13.5. The Bertz CT molecular complexity index is 932. The van der Waals surface area contributed by atoms with E-state index in [1.54, 1.807) is 5.57 Å². The molecule has 34 heavy (non-hydrogen) atoms. The van der Waals surface area contributed by atoms with E-state index in [1.165, 1.54) is 69.1 Å². The normalized spacial score (nSPS) is 53.0. The molecule has 0 radical (unpaired) electrons. The first kappa shape index (κ1) is 23.5. The fourth-order valence-electron chi connectivity index (χ4n) is 10.1. The Morgan fingerprint density at radius 3 is 2.71 bits per heavy atom. The van der Waals surface area contributed by atoms with Gasteiger partial charge in [-0.2, -0.15) is 0 Å². The largest absolute Gasteiger partial charge is 0.369 e. The summed E-state index contributed by atoms with van der Waals surface area (Å²) < 4.78 is 7.07. The minimum atomic E-state index is 0.0693. The highest BCUT2D eigenvalue weighted by atomic mass is 16.5. The van der Waals surface area contributed by atoms with Gasteiger partial charge in [0, 0.05) is 24.7 Å². The third kappa shape index (κ3) is 3.31. The third-order valence-electron chi connectivity index (χ3n) is 12.0. The maximum Gasteiger partial charge on any atom is 0.0765 e. The van der Waals surface area contributed by atoms with Crippen molar-refractivity contribution in [3.63, 3.8) is 0 Å². The van der Waals surface area contributed by atoms with Gasteiger partial charge in [-0.1, -0.05) is 38.0 Å². The summed E-state index contributed by atoms with van der Waals surface area (Å²) in [4.78, 5) is 4.71. The number of nitrogens with zero attached hydrogens (tertiary/aromatic N) is 1. The summed E-state index contributed by atoms with van der Waals surface area (Å²) in [5.41, 5.74) is 7.01. The van der Waals surface area contributed by atoms with Gasteiger partial charge >= 0.3 is 0 Å². The molecule has 6 aliphatic rings. The highest BCUT2D eigenvalue weighted by Gasteiger charge is 2.59. The highest BCUT2D eigenvalue weighted by Crippen LogP contribution is 2.65. The Labute approximate surface area is 208 Å². The molecule has 3 nitrogen and oxygen atoms in total. The van der Waals surface area contributed by atoms with Gasteiger partial charge in [-0.25, -0.2) is 0 Å². The number of hydrogen-bond donors (Lipinski definition) is 1. The van der Waals surface area contributed by atoms with Crippen molar-refractivity contribution in [2.24, 2.45) is 45.9 Å². The molecule has 2 saturated heterocycles. The van der Waals surface area contributed by atoms with Gasteiger partial charge in [-0.15, -0.1) is 0 Å². The molecule has 3 heteroatoms. The molecule has 4 aliphatic carbocycles. The number of aliphatic imine (C=N–C) groups is 1. The monoisotopic (exact) mass is 464 g/mol. The minimum Gasteiger partial charge on any atom is -0.369 e. The van der Waals surface area contributed by atoms with Gasteiger partial charge in [0.1, 0.15) is 0 Å². The van der Waals surface area contributed by atoms with Crippen molar-refractivity contribution >= 4 is 5.71 Å². The van der Waals surface area contributed by atoms with Gasteiger partial charge in [-0.3, -0.25) is 4.99 Å². The van der Waals surface area contributed by atoms with E-state index in [1.807, 2.05) is 12.6 Å². The van der Waals surface area contributed by atoms with Crippen LogP contribution < -0.4 is 5.32 Å². The Hall–Kier alpha value is -0.930. The summed E-state index contributed by atoms with van der Waals surface area (Å²) >= 11 is 0. The Kier molecular flexibility index (Phi) is 5.73. The van der Waals surface area contributed by atoms with Crippen molar-refractivity contribution in [3.8, 4) is 0 Å². The molecule has 10 atom stereocenters. The van der Waals surface area contributed by atoms with Crippen molar-refractivity contribution in [2.75, 3.05) is 13.6 Å². The fraction of sp³-hybridized carbons (Fsp3) is 0.839. The Morgan fingerprint density at radius 1 is 1.12 bits per heavy atom. The van der Waals surface area contributed by atoms with E-state index >= 15 is 0 Å². The molecular weight excluding hydrogens is 416 g/mol. The summed E-state index contributed by atoms with van der Waals surface area (Å²) in [7, 11) is 2.00. The van der Waals surface area contributed by atoms with E-state index in [-0.39, 0.29) is 5.60 Å². The van der Waals surface area contributed by atoms with E-state index < -0.39 is 0 Å². The lowest BCUT2D eigenvalue weighted by Gasteiger charge is -2.53. The topological polar surface area (TPSA) is 33.6 Å². The molecule has 0 amide bonds. The lowest BCUT2D eigenvalue weighted by molar-refractivity contribution is -0.0732. The Morgan fingerprint density at radius 2 is 1.94 bits per heavy atom. The van der Waals surface area contributed by atoms with Crippen LogP contribution in [0.3, 0.4) is 0 Å². The van der Waals surface area contributed by atoms with Gasteiger partial charge in [0.25, 0.3) is 0 Å². The van der Waals surface area contributed by atoms with Crippen LogP contribution in [0.4, 0.5) is 0 Å². The summed E-state index contributed by atoms with van der Waals surface area (Å²) in [5, 5.41) is 3.88. The summed E-state index contributed by atoms with van der Waals surface area (Å²) in [5.74, 6) is 4.72. The maximum atomic E-state index is 7.07. The van der Waals surface area contributed by atoms with Gasteiger partial charge in [0.15, 0.2) is 0 Å². The Balaban J connectivity index is 1.28. The van der Waals surface area contributed by atoms with E-state index in [2.05, 4.69) is 46.0 Å². The summed E-state index contributed by atoms with van der Waals surface area (Å²) in [6, 6.07) is 0.560. The van der Waals surface area contributed by atoms with Gasteiger partial charge in [0.05, 0.1) is 11.7 Å². The molecule has 2 aliphatic heterocycles. The van der Waals surface area contributed by atoms with E-state index in [0.29, 0.717) is 23.5 Å². The van der Waals surface area contributed by atoms with Crippen LogP contribution in [0.5, 0.6) is 0 Å². The summed E-state index contributed by atoms with van der Waals surface area (Å²) in [6.07, 6.45) is 14.5.